The van der Waals surface area contributed by atoms with Gasteiger partial charge in [-0.2, -0.15) is 0 Å². The van der Waals surface area contributed by atoms with Crippen LogP contribution in [0.4, 0.5) is 0 Å². The maximum atomic E-state index is 5.98. The molecule has 1 nitrogen and oxygen atoms in total. The minimum absolute atomic E-state index is 0.345. The van der Waals surface area contributed by atoms with Gasteiger partial charge in [0.15, 0.2) is 0 Å². The highest BCUT2D eigenvalue weighted by molar-refractivity contribution is 9.10. The van der Waals surface area contributed by atoms with Gasteiger partial charge in [0.05, 0.1) is 4.34 Å². The quantitative estimate of drug-likeness (QED) is 0.799. The second kappa shape index (κ2) is 6.71. The number of thiophene rings is 1. The zero-order valence-electron chi connectivity index (χ0n) is 10.1. The van der Waals surface area contributed by atoms with Crippen LogP contribution in [0.1, 0.15) is 23.4 Å². The molecule has 0 fully saturated rings. The fraction of sp³-hybridized carbons (Fsp3) is 0.286. The fourth-order valence-corrected chi connectivity index (χ4v) is 3.31. The predicted octanol–water partition coefficient (Wildman–Crippen LogP) is 5.06. The van der Waals surface area contributed by atoms with Crippen molar-refractivity contribution < 1.29 is 0 Å². The average molecular weight is 345 g/mol. The van der Waals surface area contributed by atoms with Crippen molar-refractivity contribution in [3.05, 3.63) is 55.6 Å². The summed E-state index contributed by atoms with van der Waals surface area (Å²) in [6.45, 7) is 3.09. The topological polar surface area (TPSA) is 12.0 Å². The Kier molecular flexibility index (Phi) is 5.25. The van der Waals surface area contributed by atoms with E-state index in [0.717, 1.165) is 21.8 Å². The molecule has 0 spiro atoms. The van der Waals surface area contributed by atoms with Crippen molar-refractivity contribution >= 4 is 38.9 Å². The number of hydrogen-bond donors (Lipinski definition) is 1. The summed E-state index contributed by atoms with van der Waals surface area (Å²) in [6, 6.07) is 12.9. The molecule has 1 aromatic heterocycles. The molecule has 0 aliphatic carbocycles. The molecular weight excluding hydrogens is 330 g/mol. The van der Waals surface area contributed by atoms with E-state index in [1.165, 1.54) is 10.4 Å². The van der Waals surface area contributed by atoms with Crippen LogP contribution >= 0.6 is 38.9 Å². The van der Waals surface area contributed by atoms with E-state index in [1.807, 2.05) is 6.07 Å². The van der Waals surface area contributed by atoms with Gasteiger partial charge >= 0.3 is 0 Å². The molecule has 0 radical (unpaired) electrons. The van der Waals surface area contributed by atoms with Gasteiger partial charge in [-0.1, -0.05) is 46.6 Å². The van der Waals surface area contributed by atoms with Crippen molar-refractivity contribution in [1.82, 2.24) is 5.32 Å². The normalized spacial score (nSPS) is 12.6. The first-order valence-electron chi connectivity index (χ1n) is 5.92. The largest absolute Gasteiger partial charge is 0.310 e. The van der Waals surface area contributed by atoms with Crippen LogP contribution < -0.4 is 5.32 Å². The van der Waals surface area contributed by atoms with Crippen molar-refractivity contribution in [2.45, 2.75) is 19.4 Å². The van der Waals surface area contributed by atoms with Crippen molar-refractivity contribution in [3.8, 4) is 0 Å². The molecule has 18 heavy (non-hydrogen) atoms. The molecule has 4 heteroatoms. The predicted molar refractivity (Wildman–Crippen MR) is 83.6 cm³/mol. The third kappa shape index (κ3) is 3.82. The van der Waals surface area contributed by atoms with Crippen LogP contribution in [0.5, 0.6) is 0 Å². The molecule has 1 heterocycles. The number of hydrogen-bond acceptors (Lipinski definition) is 2. The molecule has 0 aliphatic heterocycles. The summed E-state index contributed by atoms with van der Waals surface area (Å²) in [5.41, 5.74) is 1.31. The van der Waals surface area contributed by atoms with E-state index in [1.54, 1.807) is 11.3 Å². The molecule has 1 atom stereocenters. The van der Waals surface area contributed by atoms with E-state index in [4.69, 9.17) is 11.6 Å². The third-order valence-electron chi connectivity index (χ3n) is 2.76. The molecule has 2 rings (SSSR count). The average Bonchev–Trinajstić information content (AvgIpc) is 2.75. The monoisotopic (exact) mass is 343 g/mol. The van der Waals surface area contributed by atoms with Crippen molar-refractivity contribution in [3.63, 3.8) is 0 Å². The minimum atomic E-state index is 0.345. The lowest BCUT2D eigenvalue weighted by atomic mass is 10.0. The first-order chi connectivity index (χ1) is 8.69. The summed E-state index contributed by atoms with van der Waals surface area (Å²) in [4.78, 5) is 1.31. The van der Waals surface area contributed by atoms with Crippen LogP contribution in [0, 0.1) is 0 Å². The van der Waals surface area contributed by atoms with Crippen molar-refractivity contribution in [2.75, 3.05) is 6.54 Å². The number of nitrogens with one attached hydrogen (secondary N) is 1. The molecular formula is C14H15BrClNS. The van der Waals surface area contributed by atoms with Gasteiger partial charge in [-0.05, 0) is 36.4 Å². The number of likely N-dealkylation sites (N-methyl/N-ethyl adjacent to an activating group) is 1. The van der Waals surface area contributed by atoms with Crippen LogP contribution in [0.2, 0.25) is 4.34 Å². The van der Waals surface area contributed by atoms with E-state index in [0.29, 0.717) is 6.04 Å². The third-order valence-corrected chi connectivity index (χ3v) is 4.54. The molecule has 1 aromatic carbocycles. The Balaban J connectivity index is 2.14. The van der Waals surface area contributed by atoms with E-state index >= 15 is 0 Å². The summed E-state index contributed by atoms with van der Waals surface area (Å²) in [5, 5.41) is 3.52. The fourth-order valence-electron chi connectivity index (χ4n) is 1.91. The first-order valence-corrected chi connectivity index (χ1v) is 7.91. The zero-order valence-corrected chi connectivity index (χ0v) is 13.3. The second-order valence-electron chi connectivity index (χ2n) is 4.07. The second-order valence-corrected chi connectivity index (χ2v) is 6.79. The molecule has 0 saturated heterocycles. The maximum absolute atomic E-state index is 5.98. The molecule has 96 valence electrons. The number of benzene rings is 1. The maximum Gasteiger partial charge on any atom is 0.0931 e. The molecule has 0 bridgehead atoms. The highest BCUT2D eigenvalue weighted by Gasteiger charge is 2.12. The van der Waals surface area contributed by atoms with Crippen molar-refractivity contribution in [1.29, 1.82) is 0 Å². The minimum Gasteiger partial charge on any atom is -0.310 e. The molecule has 2 aromatic rings. The Hall–Kier alpha value is -0.350. The molecule has 0 saturated carbocycles. The van der Waals surface area contributed by atoms with E-state index < -0.39 is 0 Å². The van der Waals surface area contributed by atoms with Gasteiger partial charge in [0.2, 0.25) is 0 Å². The van der Waals surface area contributed by atoms with E-state index in [9.17, 15) is 0 Å². The summed E-state index contributed by atoms with van der Waals surface area (Å²) >= 11 is 11.1. The number of halogens is 2. The van der Waals surface area contributed by atoms with Crippen molar-refractivity contribution in [2.24, 2.45) is 0 Å². The zero-order chi connectivity index (χ0) is 13.0. The van der Waals surface area contributed by atoms with Crippen LogP contribution in [-0.2, 0) is 6.42 Å². The standard InChI is InChI=1S/C14H15BrClNS/c1-2-17-13(9-12-7-8-14(16)18-12)10-3-5-11(15)6-4-10/h3-8,13,17H,2,9H2,1H3. The summed E-state index contributed by atoms with van der Waals surface area (Å²) in [5.74, 6) is 0. The van der Waals surface area contributed by atoms with Gasteiger partial charge in [-0.3, -0.25) is 0 Å². The Labute approximate surface area is 125 Å². The molecule has 1 unspecified atom stereocenters. The molecule has 0 amide bonds. The van der Waals surface area contributed by atoms with E-state index in [-0.39, 0.29) is 0 Å². The smallest absolute Gasteiger partial charge is 0.0931 e. The van der Waals surface area contributed by atoms with Crippen LogP contribution in [0.25, 0.3) is 0 Å². The van der Waals surface area contributed by atoms with Gasteiger partial charge in [0.25, 0.3) is 0 Å². The molecule has 1 N–H and O–H groups in total. The van der Waals surface area contributed by atoms with Gasteiger partial charge in [0.1, 0.15) is 0 Å². The van der Waals surface area contributed by atoms with Crippen LogP contribution in [0.15, 0.2) is 40.9 Å². The Morgan fingerprint density at radius 1 is 1.22 bits per heavy atom. The number of rotatable bonds is 5. The lowest BCUT2D eigenvalue weighted by Crippen LogP contribution is -2.22. The molecule has 0 aliphatic rings. The highest BCUT2D eigenvalue weighted by atomic mass is 79.9. The lowest BCUT2D eigenvalue weighted by molar-refractivity contribution is 0.553. The van der Waals surface area contributed by atoms with Crippen LogP contribution in [0.3, 0.4) is 0 Å². The lowest BCUT2D eigenvalue weighted by Gasteiger charge is -2.17. The van der Waals surface area contributed by atoms with Gasteiger partial charge in [-0.25, -0.2) is 0 Å². The Morgan fingerprint density at radius 2 is 1.94 bits per heavy atom. The Bertz CT molecular complexity index is 495. The highest BCUT2D eigenvalue weighted by Crippen LogP contribution is 2.27. The van der Waals surface area contributed by atoms with Gasteiger partial charge in [0, 0.05) is 21.8 Å². The Morgan fingerprint density at radius 3 is 2.50 bits per heavy atom. The van der Waals surface area contributed by atoms with E-state index in [2.05, 4.69) is 58.5 Å². The van der Waals surface area contributed by atoms with Gasteiger partial charge in [-0.15, -0.1) is 11.3 Å². The van der Waals surface area contributed by atoms with Gasteiger partial charge < -0.3 is 5.32 Å². The summed E-state index contributed by atoms with van der Waals surface area (Å²) < 4.78 is 1.97. The summed E-state index contributed by atoms with van der Waals surface area (Å²) in [7, 11) is 0. The van der Waals surface area contributed by atoms with Crippen LogP contribution in [-0.4, -0.2) is 6.54 Å². The SMILES string of the molecule is CCNC(Cc1ccc(Cl)s1)c1ccc(Br)cc1. The summed E-state index contributed by atoms with van der Waals surface area (Å²) in [6.07, 6.45) is 0.979. The first kappa shape index (κ1) is 14.1.